The lowest BCUT2D eigenvalue weighted by Crippen LogP contribution is -2.30. The molecular weight excluding hydrogens is 440 g/mol. The van der Waals surface area contributed by atoms with Crippen molar-refractivity contribution < 1.29 is 14.3 Å². The second-order valence-corrected chi connectivity index (χ2v) is 8.64. The van der Waals surface area contributed by atoms with E-state index < -0.39 is 0 Å². The van der Waals surface area contributed by atoms with Gasteiger partial charge in [0, 0.05) is 29.7 Å². The molecule has 33 heavy (non-hydrogen) atoms. The second-order valence-electron chi connectivity index (χ2n) is 7.68. The molecule has 0 radical (unpaired) electrons. The van der Waals surface area contributed by atoms with Gasteiger partial charge in [0.05, 0.1) is 32.2 Å². The number of thioether (sulfide) groups is 1. The van der Waals surface area contributed by atoms with Crippen LogP contribution in [-0.2, 0) is 24.2 Å². The zero-order valence-corrected chi connectivity index (χ0v) is 19.5. The van der Waals surface area contributed by atoms with Gasteiger partial charge in [0.2, 0.25) is 5.91 Å². The van der Waals surface area contributed by atoms with Crippen LogP contribution in [0.2, 0.25) is 0 Å². The Morgan fingerprint density at radius 3 is 2.67 bits per heavy atom. The zero-order valence-electron chi connectivity index (χ0n) is 18.7. The van der Waals surface area contributed by atoms with Crippen molar-refractivity contribution in [3.05, 3.63) is 70.0 Å². The van der Waals surface area contributed by atoms with Crippen molar-refractivity contribution in [3.63, 3.8) is 0 Å². The van der Waals surface area contributed by atoms with Gasteiger partial charge in [-0.05, 0) is 55.5 Å². The van der Waals surface area contributed by atoms with E-state index in [0.717, 1.165) is 42.5 Å². The van der Waals surface area contributed by atoms with Gasteiger partial charge in [-0.25, -0.2) is 4.79 Å². The minimum absolute atomic E-state index is 0.141. The lowest BCUT2D eigenvalue weighted by atomic mass is 9.97. The Morgan fingerprint density at radius 2 is 1.91 bits per heavy atom. The molecular formula is C24H26N4O4S. The first-order valence-electron chi connectivity index (χ1n) is 10.7. The summed E-state index contributed by atoms with van der Waals surface area (Å²) >= 11 is 1.30. The number of nitrogens with zero attached hydrogens (tertiary/aromatic N) is 3. The van der Waals surface area contributed by atoms with Gasteiger partial charge in [-0.3, -0.25) is 14.3 Å². The SMILES string of the molecule is COc1ccc(NC(=O)CSc2nc(=O)n(Cc3ccncc3)c3c2CCCC3)c(OC)c1. The number of carbonyl (C=O) groups excluding carboxylic acids is 1. The number of fused-ring (bicyclic) bond motifs is 1. The monoisotopic (exact) mass is 466 g/mol. The van der Waals surface area contributed by atoms with Crippen LogP contribution in [0.15, 0.2) is 52.5 Å². The van der Waals surface area contributed by atoms with Crippen molar-refractivity contribution in [3.8, 4) is 11.5 Å². The Labute approximate surface area is 196 Å². The molecule has 1 aromatic carbocycles. The smallest absolute Gasteiger partial charge is 0.349 e. The first kappa shape index (κ1) is 22.8. The summed E-state index contributed by atoms with van der Waals surface area (Å²) in [7, 11) is 3.11. The van der Waals surface area contributed by atoms with Gasteiger partial charge in [-0.1, -0.05) is 11.8 Å². The standard InChI is InChI=1S/C24H26N4O4S/c1-31-17-7-8-19(21(13-17)32-2)26-22(29)15-33-23-18-5-3-4-6-20(18)28(24(30)27-23)14-16-9-11-25-12-10-16/h7-13H,3-6,14-15H2,1-2H3,(H,26,29). The average Bonchev–Trinajstić information content (AvgIpc) is 2.85. The quantitative estimate of drug-likeness (QED) is 0.402. The van der Waals surface area contributed by atoms with E-state index in [1.165, 1.54) is 18.9 Å². The number of hydrogen-bond donors (Lipinski definition) is 1. The molecule has 0 saturated carbocycles. The fourth-order valence-electron chi connectivity index (χ4n) is 3.92. The third-order valence-corrected chi connectivity index (χ3v) is 6.58. The molecule has 0 saturated heterocycles. The van der Waals surface area contributed by atoms with Crippen LogP contribution in [0.5, 0.6) is 11.5 Å². The molecule has 4 rings (SSSR count). The van der Waals surface area contributed by atoms with E-state index in [2.05, 4.69) is 15.3 Å². The zero-order chi connectivity index (χ0) is 23.2. The van der Waals surface area contributed by atoms with Crippen LogP contribution in [0.3, 0.4) is 0 Å². The molecule has 2 heterocycles. The van der Waals surface area contributed by atoms with Gasteiger partial charge in [0.15, 0.2) is 0 Å². The Morgan fingerprint density at radius 1 is 1.12 bits per heavy atom. The molecule has 1 aliphatic rings. The third-order valence-electron chi connectivity index (χ3n) is 5.56. The van der Waals surface area contributed by atoms with E-state index in [4.69, 9.17) is 9.47 Å². The van der Waals surface area contributed by atoms with E-state index in [1.807, 2.05) is 12.1 Å². The van der Waals surface area contributed by atoms with Crippen LogP contribution in [0.4, 0.5) is 5.69 Å². The van der Waals surface area contributed by atoms with Crippen molar-refractivity contribution >= 4 is 23.4 Å². The lowest BCUT2D eigenvalue weighted by molar-refractivity contribution is -0.113. The highest BCUT2D eigenvalue weighted by atomic mass is 32.2. The van der Waals surface area contributed by atoms with Crippen molar-refractivity contribution in [1.82, 2.24) is 14.5 Å². The number of rotatable bonds is 8. The van der Waals surface area contributed by atoms with Gasteiger partial charge in [-0.15, -0.1) is 0 Å². The van der Waals surface area contributed by atoms with E-state index in [0.29, 0.717) is 28.8 Å². The first-order chi connectivity index (χ1) is 16.1. The van der Waals surface area contributed by atoms with Gasteiger partial charge >= 0.3 is 5.69 Å². The highest BCUT2D eigenvalue weighted by molar-refractivity contribution is 8.00. The Kier molecular flexibility index (Phi) is 7.29. The van der Waals surface area contributed by atoms with E-state index in [9.17, 15) is 9.59 Å². The minimum Gasteiger partial charge on any atom is -0.497 e. The number of aromatic nitrogens is 3. The van der Waals surface area contributed by atoms with Crippen molar-refractivity contribution in [2.24, 2.45) is 0 Å². The minimum atomic E-state index is -0.285. The van der Waals surface area contributed by atoms with Gasteiger partial charge in [0.25, 0.3) is 0 Å². The van der Waals surface area contributed by atoms with Crippen LogP contribution >= 0.6 is 11.8 Å². The molecule has 0 aliphatic heterocycles. The number of hydrogen-bond acceptors (Lipinski definition) is 7. The van der Waals surface area contributed by atoms with Crippen LogP contribution < -0.4 is 20.5 Å². The molecule has 2 aromatic heterocycles. The largest absolute Gasteiger partial charge is 0.497 e. The lowest BCUT2D eigenvalue weighted by Gasteiger charge is -2.22. The van der Waals surface area contributed by atoms with E-state index in [1.54, 1.807) is 42.3 Å². The second kappa shape index (κ2) is 10.5. The van der Waals surface area contributed by atoms with Gasteiger partial charge in [0.1, 0.15) is 16.5 Å². The van der Waals surface area contributed by atoms with Crippen LogP contribution in [0.1, 0.15) is 29.7 Å². The predicted molar refractivity (Wildman–Crippen MR) is 127 cm³/mol. The van der Waals surface area contributed by atoms with E-state index in [-0.39, 0.29) is 17.3 Å². The maximum Gasteiger partial charge on any atom is 0.349 e. The van der Waals surface area contributed by atoms with Crippen molar-refractivity contribution in [2.45, 2.75) is 37.3 Å². The summed E-state index contributed by atoms with van der Waals surface area (Å²) in [6.07, 6.45) is 7.22. The molecule has 1 aliphatic carbocycles. The van der Waals surface area contributed by atoms with Crippen LogP contribution in [-0.4, -0.2) is 40.4 Å². The number of carbonyl (C=O) groups is 1. The summed E-state index contributed by atoms with van der Waals surface area (Å²) in [6, 6.07) is 9.01. The average molecular weight is 467 g/mol. The number of anilines is 1. The van der Waals surface area contributed by atoms with Crippen molar-refractivity contribution in [1.29, 1.82) is 0 Å². The van der Waals surface area contributed by atoms with Gasteiger partial charge < -0.3 is 14.8 Å². The van der Waals surface area contributed by atoms with Gasteiger partial charge in [-0.2, -0.15) is 4.98 Å². The highest BCUT2D eigenvalue weighted by Crippen LogP contribution is 2.31. The normalized spacial score (nSPS) is 12.7. The number of pyridine rings is 1. The fourth-order valence-corrected chi connectivity index (χ4v) is 4.80. The molecule has 1 N–H and O–H groups in total. The molecule has 0 fully saturated rings. The highest BCUT2D eigenvalue weighted by Gasteiger charge is 2.21. The number of amides is 1. The summed E-state index contributed by atoms with van der Waals surface area (Å²) in [5, 5.41) is 3.51. The Balaban J connectivity index is 1.51. The third kappa shape index (κ3) is 5.36. The molecule has 0 spiro atoms. The number of benzene rings is 1. The molecule has 0 unspecified atom stereocenters. The Bertz CT molecular complexity index is 1200. The summed E-state index contributed by atoms with van der Waals surface area (Å²) in [6.45, 7) is 0.472. The number of nitrogens with one attached hydrogen (secondary N) is 1. The molecule has 8 nitrogen and oxygen atoms in total. The summed E-state index contributed by atoms with van der Waals surface area (Å²) < 4.78 is 12.3. The topological polar surface area (TPSA) is 95.3 Å². The summed E-state index contributed by atoms with van der Waals surface area (Å²) in [5.41, 5.74) is 3.39. The van der Waals surface area contributed by atoms with Crippen molar-refractivity contribution in [2.75, 3.05) is 25.3 Å². The van der Waals surface area contributed by atoms with Crippen LogP contribution in [0.25, 0.3) is 0 Å². The maximum absolute atomic E-state index is 12.9. The molecule has 0 atom stereocenters. The molecule has 1 amide bonds. The number of methoxy groups -OCH3 is 2. The van der Waals surface area contributed by atoms with Crippen LogP contribution in [0, 0.1) is 0 Å². The molecule has 9 heteroatoms. The molecule has 172 valence electrons. The maximum atomic E-state index is 12.9. The molecule has 0 bridgehead atoms. The summed E-state index contributed by atoms with van der Waals surface area (Å²) in [5.74, 6) is 1.10. The summed E-state index contributed by atoms with van der Waals surface area (Å²) in [4.78, 5) is 33.9. The molecule has 3 aromatic rings. The Hall–Kier alpha value is -3.33. The fraction of sp³-hybridized carbons (Fsp3) is 0.333. The number of ether oxygens (including phenoxy) is 2. The first-order valence-corrected chi connectivity index (χ1v) is 11.7. The predicted octanol–water partition coefficient (Wildman–Crippen LogP) is 3.31. The van der Waals surface area contributed by atoms with E-state index >= 15 is 0 Å².